The lowest BCUT2D eigenvalue weighted by Gasteiger charge is -2.02. The highest BCUT2D eigenvalue weighted by Gasteiger charge is 2.00. The monoisotopic (exact) mass is 434 g/mol. The highest BCUT2D eigenvalue weighted by molar-refractivity contribution is 5.96. The van der Waals surface area contributed by atoms with Gasteiger partial charge in [0.05, 0.1) is 0 Å². The number of phenols is 2. The summed E-state index contributed by atoms with van der Waals surface area (Å²) in [4.78, 5) is 0. The van der Waals surface area contributed by atoms with Crippen LogP contribution in [-0.4, -0.2) is 16.0 Å². The Labute approximate surface area is 194 Å². The lowest BCUT2D eigenvalue weighted by Crippen LogP contribution is -2.10. The molecule has 0 fully saturated rings. The number of nitrogens with two attached hydrogens (primary N) is 1. The average Bonchev–Trinajstić information content (AvgIpc) is 2.84. The van der Waals surface area contributed by atoms with E-state index in [9.17, 15) is 10.2 Å². The molecule has 0 bridgehead atoms. The van der Waals surface area contributed by atoms with Gasteiger partial charge >= 0.3 is 0 Å². The number of nitrogen functional groups attached to an aromatic ring is 1. The summed E-state index contributed by atoms with van der Waals surface area (Å²) in [5.41, 5.74) is 10.0. The maximum Gasteiger partial charge on any atom is 0.122 e. The number of hydrogen-bond donors (Lipinski definition) is 4. The normalized spacial score (nSPS) is 10.7. The summed E-state index contributed by atoms with van der Waals surface area (Å²) in [6.45, 7) is 0. The van der Waals surface area contributed by atoms with Crippen LogP contribution < -0.4 is 5.73 Å². The van der Waals surface area contributed by atoms with Crippen LogP contribution in [0.1, 0.15) is 27.8 Å². The van der Waals surface area contributed by atoms with E-state index in [4.69, 9.17) is 11.1 Å². The Kier molecular flexibility index (Phi) is 8.21. The molecule has 4 heteroatoms. The number of nitrogens with one attached hydrogen (secondary N) is 1. The Bertz CT molecular complexity index is 1190. The van der Waals surface area contributed by atoms with Crippen molar-refractivity contribution in [2.75, 3.05) is 0 Å². The fourth-order valence-corrected chi connectivity index (χ4v) is 2.99. The maximum atomic E-state index is 9.56. The molecule has 0 saturated heterocycles. The third-order valence-electron chi connectivity index (χ3n) is 4.68. The van der Waals surface area contributed by atoms with Crippen LogP contribution in [0.3, 0.4) is 0 Å². The minimum Gasteiger partial charge on any atom is -0.508 e. The van der Waals surface area contributed by atoms with Crippen LogP contribution in [0.2, 0.25) is 0 Å². The van der Waals surface area contributed by atoms with E-state index in [0.29, 0.717) is 5.56 Å². The molecule has 4 aromatic rings. The molecule has 33 heavy (non-hydrogen) atoms. The van der Waals surface area contributed by atoms with Crippen molar-refractivity contribution < 1.29 is 10.2 Å². The fourth-order valence-electron chi connectivity index (χ4n) is 2.99. The summed E-state index contributed by atoms with van der Waals surface area (Å²) in [5.74, 6) is 0.196. The summed E-state index contributed by atoms with van der Waals surface area (Å²) in [7, 11) is 0. The topological polar surface area (TPSA) is 90.3 Å². The number of rotatable bonds is 5. The average molecular weight is 435 g/mol. The van der Waals surface area contributed by atoms with Gasteiger partial charge in [-0.2, -0.15) is 0 Å². The predicted molar refractivity (Wildman–Crippen MR) is 138 cm³/mol. The highest BCUT2D eigenvalue weighted by Crippen LogP contribution is 2.18. The quantitative estimate of drug-likeness (QED) is 0.166. The summed E-state index contributed by atoms with van der Waals surface area (Å²) >= 11 is 0. The van der Waals surface area contributed by atoms with Crippen molar-refractivity contribution in [3.8, 4) is 11.5 Å². The molecule has 0 atom stereocenters. The predicted octanol–water partition coefficient (Wildman–Crippen LogP) is 6.41. The van der Waals surface area contributed by atoms with Crippen LogP contribution >= 0.6 is 0 Å². The molecule has 0 aromatic heterocycles. The molecule has 0 heterocycles. The summed E-state index contributed by atoms with van der Waals surface area (Å²) < 4.78 is 0. The van der Waals surface area contributed by atoms with Crippen LogP contribution in [0.4, 0.5) is 0 Å². The number of amidine groups is 1. The van der Waals surface area contributed by atoms with Gasteiger partial charge < -0.3 is 15.9 Å². The van der Waals surface area contributed by atoms with Gasteiger partial charge in [0, 0.05) is 5.56 Å². The number of hydrogen-bond acceptors (Lipinski definition) is 3. The second-order valence-corrected chi connectivity index (χ2v) is 7.31. The molecule has 0 aliphatic heterocycles. The molecule has 0 radical (unpaired) electrons. The van der Waals surface area contributed by atoms with Crippen molar-refractivity contribution in [2.45, 2.75) is 0 Å². The van der Waals surface area contributed by atoms with E-state index >= 15 is 0 Å². The van der Waals surface area contributed by atoms with E-state index in [0.717, 1.165) is 11.1 Å². The zero-order valence-electron chi connectivity index (χ0n) is 18.1. The Morgan fingerprint density at radius 3 is 1.48 bits per heavy atom. The molecule has 4 rings (SSSR count). The Morgan fingerprint density at radius 1 is 0.545 bits per heavy atom. The van der Waals surface area contributed by atoms with Gasteiger partial charge in [-0.25, -0.2) is 0 Å². The van der Waals surface area contributed by atoms with Gasteiger partial charge in [-0.05, 0) is 52.6 Å². The molecule has 0 saturated carbocycles. The van der Waals surface area contributed by atoms with Gasteiger partial charge in [-0.3, -0.25) is 5.41 Å². The van der Waals surface area contributed by atoms with Gasteiger partial charge in [0.1, 0.15) is 17.3 Å². The van der Waals surface area contributed by atoms with Gasteiger partial charge in [0.2, 0.25) is 0 Å². The van der Waals surface area contributed by atoms with Crippen LogP contribution in [-0.2, 0) is 0 Å². The molecular formula is C29H26N2O2. The largest absolute Gasteiger partial charge is 0.508 e. The van der Waals surface area contributed by atoms with Crippen LogP contribution in [0.5, 0.6) is 11.5 Å². The molecule has 5 N–H and O–H groups in total. The van der Waals surface area contributed by atoms with Crippen molar-refractivity contribution in [1.29, 1.82) is 5.41 Å². The van der Waals surface area contributed by atoms with Crippen molar-refractivity contribution in [3.05, 3.63) is 131 Å². The molecule has 164 valence electrons. The summed E-state index contributed by atoms with van der Waals surface area (Å²) in [6.07, 6.45) is 7.89. The second kappa shape index (κ2) is 11.7. The Hall–Kier alpha value is -4.57. The van der Waals surface area contributed by atoms with Gasteiger partial charge in [0.15, 0.2) is 0 Å². The first-order chi connectivity index (χ1) is 16.0. The number of phenolic OH excluding ortho intramolecular Hbond substituents is 2. The summed E-state index contributed by atoms with van der Waals surface area (Å²) in [5, 5.41) is 26.1. The van der Waals surface area contributed by atoms with E-state index in [1.54, 1.807) is 42.5 Å². The molecule has 0 amide bonds. The van der Waals surface area contributed by atoms with Crippen molar-refractivity contribution in [3.63, 3.8) is 0 Å². The molecule has 4 aromatic carbocycles. The Morgan fingerprint density at radius 2 is 1.00 bits per heavy atom. The van der Waals surface area contributed by atoms with E-state index in [1.165, 1.54) is 17.2 Å². The Balaban J connectivity index is 0.000000194. The number of benzene rings is 4. The van der Waals surface area contributed by atoms with Crippen molar-refractivity contribution >= 4 is 30.1 Å². The first-order valence-corrected chi connectivity index (χ1v) is 10.4. The van der Waals surface area contributed by atoms with E-state index in [1.807, 2.05) is 42.5 Å². The summed E-state index contributed by atoms with van der Waals surface area (Å²) in [6, 6.07) is 32.1. The molecule has 0 unspecified atom stereocenters. The van der Waals surface area contributed by atoms with Crippen LogP contribution in [0, 0.1) is 5.41 Å². The molecule has 0 spiro atoms. The second-order valence-electron chi connectivity index (χ2n) is 7.31. The first-order valence-electron chi connectivity index (χ1n) is 10.4. The van der Waals surface area contributed by atoms with Crippen LogP contribution in [0.25, 0.3) is 24.3 Å². The lowest BCUT2D eigenvalue weighted by molar-refractivity contribution is 0.474. The fraction of sp³-hybridized carbons (Fsp3) is 0. The highest BCUT2D eigenvalue weighted by atomic mass is 16.3. The van der Waals surface area contributed by atoms with Gasteiger partial charge in [0.25, 0.3) is 0 Å². The molecule has 4 nitrogen and oxygen atoms in total. The van der Waals surface area contributed by atoms with Crippen molar-refractivity contribution in [2.24, 2.45) is 5.73 Å². The zero-order chi connectivity index (χ0) is 23.5. The van der Waals surface area contributed by atoms with E-state index < -0.39 is 0 Å². The standard InChI is InChI=1S/C15H14N2O2.C14H12/c16-15(17)12-7-11(8-14(19)9-12)2-1-10-3-5-13(18)6-4-10;1-3-7-13(8-4-1)11-12-14-9-5-2-6-10-14/h1-9,18-19H,(H3,16,17);1-12H. The van der Waals surface area contributed by atoms with Crippen molar-refractivity contribution in [1.82, 2.24) is 0 Å². The first kappa shape index (κ1) is 23.1. The molecule has 0 aliphatic rings. The van der Waals surface area contributed by atoms with Crippen LogP contribution in [0.15, 0.2) is 103 Å². The third-order valence-corrected chi connectivity index (χ3v) is 4.68. The van der Waals surface area contributed by atoms with Gasteiger partial charge in [-0.15, -0.1) is 0 Å². The molecular weight excluding hydrogens is 408 g/mol. The minimum atomic E-state index is -0.0878. The molecule has 0 aliphatic carbocycles. The maximum absolute atomic E-state index is 9.56. The van der Waals surface area contributed by atoms with E-state index in [-0.39, 0.29) is 17.3 Å². The third kappa shape index (κ3) is 7.89. The smallest absolute Gasteiger partial charge is 0.122 e. The van der Waals surface area contributed by atoms with E-state index in [2.05, 4.69) is 36.4 Å². The zero-order valence-corrected chi connectivity index (χ0v) is 18.1. The minimum absolute atomic E-state index is 0.0676. The number of aromatic hydroxyl groups is 2. The van der Waals surface area contributed by atoms with Gasteiger partial charge in [-0.1, -0.05) is 97.1 Å². The lowest BCUT2D eigenvalue weighted by atomic mass is 10.1. The SMILES string of the molecule is C(=Cc1ccccc1)c1ccccc1.N=C(N)c1cc(O)cc(C=Cc2ccc(O)cc2)c1.